The maximum absolute atomic E-state index is 7.31. The molecule has 0 aliphatic rings. The number of hydrogen-bond acceptors (Lipinski definition) is 3. The number of aromatic nitrogens is 1. The van der Waals surface area contributed by atoms with E-state index in [0.29, 0.717) is 5.69 Å². The molecule has 3 N–H and O–H groups in total. The molecule has 2 aromatic rings. The molecule has 1 heterocycles. The van der Waals surface area contributed by atoms with Crippen molar-refractivity contribution in [3.05, 3.63) is 59.9 Å². The minimum Gasteiger partial charge on any atom is -0.382 e. The molecule has 0 saturated carbocycles. The first-order chi connectivity index (χ1) is 9.16. The van der Waals surface area contributed by atoms with Crippen molar-refractivity contribution in [2.75, 3.05) is 18.5 Å². The van der Waals surface area contributed by atoms with Gasteiger partial charge < -0.3 is 10.6 Å². The average Bonchev–Trinajstić information content (AvgIpc) is 2.46. The third kappa shape index (κ3) is 3.55. The molecule has 0 amide bonds. The van der Waals surface area contributed by atoms with Crippen LogP contribution in [0.25, 0.3) is 0 Å². The Hall–Kier alpha value is -2.36. The van der Waals surface area contributed by atoms with Gasteiger partial charge in [0.15, 0.2) is 0 Å². The number of benzene rings is 1. The number of pyridine rings is 1. The Labute approximate surface area is 113 Å². The van der Waals surface area contributed by atoms with Crippen LogP contribution in [-0.2, 0) is 6.42 Å². The summed E-state index contributed by atoms with van der Waals surface area (Å²) in [7, 11) is 2.04. The highest BCUT2D eigenvalue weighted by Gasteiger charge is 2.03. The second-order valence-electron chi connectivity index (χ2n) is 4.47. The molecule has 0 unspecified atom stereocenters. The Morgan fingerprint density at radius 3 is 2.53 bits per heavy atom. The molecule has 0 bridgehead atoms. The van der Waals surface area contributed by atoms with Gasteiger partial charge in [-0.15, -0.1) is 0 Å². The van der Waals surface area contributed by atoms with Gasteiger partial charge in [0.1, 0.15) is 11.5 Å². The van der Waals surface area contributed by atoms with Crippen molar-refractivity contribution >= 4 is 11.5 Å². The topological polar surface area (TPSA) is 66.0 Å². The van der Waals surface area contributed by atoms with Crippen LogP contribution in [0.5, 0.6) is 0 Å². The molecule has 4 heteroatoms. The summed E-state index contributed by atoms with van der Waals surface area (Å²) in [5, 5.41) is 7.31. The fraction of sp³-hybridized carbons (Fsp3) is 0.200. The third-order valence-electron chi connectivity index (χ3n) is 3.04. The van der Waals surface area contributed by atoms with Crippen LogP contribution < -0.4 is 10.6 Å². The highest BCUT2D eigenvalue weighted by molar-refractivity contribution is 5.93. The van der Waals surface area contributed by atoms with Crippen molar-refractivity contribution in [2.45, 2.75) is 6.42 Å². The van der Waals surface area contributed by atoms with E-state index >= 15 is 0 Å². The Morgan fingerprint density at radius 1 is 1.21 bits per heavy atom. The summed E-state index contributed by atoms with van der Waals surface area (Å²) in [5.74, 6) is -0.00140. The van der Waals surface area contributed by atoms with Crippen LogP contribution in [0, 0.1) is 5.41 Å². The van der Waals surface area contributed by atoms with Gasteiger partial charge >= 0.3 is 0 Å². The van der Waals surface area contributed by atoms with Crippen molar-refractivity contribution in [1.82, 2.24) is 4.98 Å². The summed E-state index contributed by atoms with van der Waals surface area (Å²) in [6.07, 6.45) is 2.74. The fourth-order valence-electron chi connectivity index (χ4n) is 1.84. The zero-order valence-corrected chi connectivity index (χ0v) is 11.0. The molecule has 0 spiro atoms. The largest absolute Gasteiger partial charge is 0.382 e. The van der Waals surface area contributed by atoms with Gasteiger partial charge in [-0.25, -0.2) is 0 Å². The predicted molar refractivity (Wildman–Crippen MR) is 78.7 cm³/mol. The number of rotatable bonds is 5. The fourth-order valence-corrected chi connectivity index (χ4v) is 1.84. The maximum atomic E-state index is 7.31. The van der Waals surface area contributed by atoms with Crippen LogP contribution in [0.4, 0.5) is 5.69 Å². The van der Waals surface area contributed by atoms with Gasteiger partial charge in [0.05, 0.1) is 11.9 Å². The van der Waals surface area contributed by atoms with Gasteiger partial charge in [-0.1, -0.05) is 30.3 Å². The van der Waals surface area contributed by atoms with Crippen molar-refractivity contribution < 1.29 is 0 Å². The number of anilines is 1. The first-order valence-corrected chi connectivity index (χ1v) is 6.22. The quantitative estimate of drug-likeness (QED) is 0.634. The summed E-state index contributed by atoms with van der Waals surface area (Å²) in [6.45, 7) is 0.922. The molecule has 0 aliphatic heterocycles. The van der Waals surface area contributed by atoms with Crippen LogP contribution >= 0.6 is 0 Å². The lowest BCUT2D eigenvalue weighted by atomic mass is 10.1. The molecule has 1 aromatic heterocycles. The summed E-state index contributed by atoms with van der Waals surface area (Å²) in [5.41, 5.74) is 8.25. The van der Waals surface area contributed by atoms with Crippen molar-refractivity contribution in [3.63, 3.8) is 0 Å². The van der Waals surface area contributed by atoms with Gasteiger partial charge in [-0.2, -0.15) is 0 Å². The van der Waals surface area contributed by atoms with Crippen molar-refractivity contribution in [1.29, 1.82) is 5.41 Å². The summed E-state index contributed by atoms with van der Waals surface area (Å²) in [4.78, 5) is 6.31. The predicted octanol–water partition coefficient (Wildman–Crippen LogP) is 2.04. The zero-order chi connectivity index (χ0) is 13.7. The molecule has 1 aromatic carbocycles. The van der Waals surface area contributed by atoms with E-state index in [0.717, 1.165) is 18.7 Å². The van der Waals surface area contributed by atoms with Crippen LogP contribution in [-0.4, -0.2) is 24.4 Å². The van der Waals surface area contributed by atoms with Gasteiger partial charge in [-0.3, -0.25) is 10.4 Å². The first-order valence-electron chi connectivity index (χ1n) is 6.22. The van der Waals surface area contributed by atoms with E-state index in [1.807, 2.05) is 19.2 Å². The van der Waals surface area contributed by atoms with E-state index in [2.05, 4.69) is 34.1 Å². The molecule has 0 aliphatic carbocycles. The van der Waals surface area contributed by atoms with Crippen molar-refractivity contribution in [2.24, 2.45) is 5.73 Å². The van der Waals surface area contributed by atoms with Gasteiger partial charge in [-0.05, 0) is 24.1 Å². The highest BCUT2D eigenvalue weighted by Crippen LogP contribution is 2.12. The van der Waals surface area contributed by atoms with Crippen molar-refractivity contribution in [3.8, 4) is 0 Å². The number of amidine groups is 1. The maximum Gasteiger partial charge on any atom is 0.141 e. The second-order valence-corrected chi connectivity index (χ2v) is 4.47. The number of nitrogens with zero attached hydrogens (tertiary/aromatic N) is 2. The Balaban J connectivity index is 1.96. The molecule has 0 atom stereocenters. The summed E-state index contributed by atoms with van der Waals surface area (Å²) in [6, 6.07) is 14.1. The van der Waals surface area contributed by atoms with Crippen LogP contribution in [0.1, 0.15) is 11.3 Å². The van der Waals surface area contributed by atoms with Gasteiger partial charge in [0, 0.05) is 13.6 Å². The Morgan fingerprint density at radius 2 is 1.95 bits per heavy atom. The van der Waals surface area contributed by atoms with E-state index in [1.165, 1.54) is 5.56 Å². The summed E-state index contributed by atoms with van der Waals surface area (Å²) < 4.78 is 0. The molecular formula is C15H18N4. The molecule has 0 saturated heterocycles. The van der Waals surface area contributed by atoms with E-state index in [4.69, 9.17) is 11.1 Å². The Bertz CT molecular complexity index is 534. The van der Waals surface area contributed by atoms with E-state index in [9.17, 15) is 0 Å². The number of likely N-dealkylation sites (N-methyl/N-ethyl adjacent to an activating group) is 1. The number of nitrogen functional groups attached to an aromatic ring is 1. The Kier molecular flexibility index (Phi) is 4.13. The number of hydrogen-bond donors (Lipinski definition) is 2. The molecule has 0 radical (unpaired) electrons. The molecule has 2 rings (SSSR count). The van der Waals surface area contributed by atoms with E-state index in [1.54, 1.807) is 12.3 Å². The molecule has 19 heavy (non-hydrogen) atoms. The normalized spacial score (nSPS) is 10.2. The van der Waals surface area contributed by atoms with Gasteiger partial charge in [0.2, 0.25) is 0 Å². The van der Waals surface area contributed by atoms with Gasteiger partial charge in [0.25, 0.3) is 0 Å². The molecular weight excluding hydrogens is 236 g/mol. The zero-order valence-electron chi connectivity index (χ0n) is 11.0. The monoisotopic (exact) mass is 254 g/mol. The highest BCUT2D eigenvalue weighted by atomic mass is 15.1. The smallest absolute Gasteiger partial charge is 0.141 e. The standard InChI is InChI=1S/C15H18N4/c1-19(10-9-12-5-3-2-4-6-12)13-7-8-14(15(16)17)18-11-13/h2-8,11H,9-10H2,1H3,(H3,16,17). The van der Waals surface area contributed by atoms with Crippen LogP contribution in [0.2, 0.25) is 0 Å². The second kappa shape index (κ2) is 6.00. The SMILES string of the molecule is CN(CCc1ccccc1)c1ccc(C(=N)N)nc1. The first kappa shape index (κ1) is 13.1. The van der Waals surface area contributed by atoms with Crippen LogP contribution in [0.3, 0.4) is 0 Å². The van der Waals surface area contributed by atoms with Crippen LogP contribution in [0.15, 0.2) is 48.7 Å². The van der Waals surface area contributed by atoms with E-state index < -0.39 is 0 Å². The third-order valence-corrected chi connectivity index (χ3v) is 3.04. The minimum atomic E-state index is -0.00140. The average molecular weight is 254 g/mol. The molecule has 4 nitrogen and oxygen atoms in total. The number of nitrogens with two attached hydrogens (primary N) is 1. The lowest BCUT2D eigenvalue weighted by Gasteiger charge is -2.19. The molecule has 0 fully saturated rings. The van der Waals surface area contributed by atoms with E-state index in [-0.39, 0.29) is 5.84 Å². The number of nitrogens with one attached hydrogen (secondary N) is 1. The summed E-state index contributed by atoms with van der Waals surface area (Å²) >= 11 is 0. The minimum absolute atomic E-state index is 0.00140. The lowest BCUT2D eigenvalue weighted by molar-refractivity contribution is 0.873. The molecule has 98 valence electrons. The lowest BCUT2D eigenvalue weighted by Crippen LogP contribution is -2.21.